The summed E-state index contributed by atoms with van der Waals surface area (Å²) in [7, 11) is 1.70. The molecule has 3 rings (SSSR count). The summed E-state index contributed by atoms with van der Waals surface area (Å²) in [6.07, 6.45) is -2.45. The minimum Gasteiger partial charge on any atom is -0.324 e. The van der Waals surface area contributed by atoms with E-state index in [0.717, 1.165) is 23.5 Å². The van der Waals surface area contributed by atoms with E-state index in [4.69, 9.17) is 0 Å². The van der Waals surface area contributed by atoms with E-state index in [0.29, 0.717) is 18.5 Å². The van der Waals surface area contributed by atoms with Gasteiger partial charge in [0.05, 0.1) is 0 Å². The third-order valence-corrected chi connectivity index (χ3v) is 3.63. The number of carbonyl (C=O) groups excluding carboxylic acids is 1. The minimum absolute atomic E-state index is 0.0411. The molecule has 1 N–H and O–H groups in total. The van der Waals surface area contributed by atoms with Crippen molar-refractivity contribution in [2.75, 3.05) is 17.3 Å². The Balaban J connectivity index is 1.86. The second-order valence-electron chi connectivity index (χ2n) is 5.18. The summed E-state index contributed by atoms with van der Waals surface area (Å²) < 4.78 is 38.0. The summed E-state index contributed by atoms with van der Waals surface area (Å²) in [6.45, 7) is 0. The SMILES string of the molecule is CN1C(=O)CCc2cc(Nc3nccc(C(F)(F)F)n3)ccc21. The normalized spacial score (nSPS) is 14.6. The average molecular weight is 322 g/mol. The Morgan fingerprint density at radius 3 is 2.74 bits per heavy atom. The molecule has 5 nitrogen and oxygen atoms in total. The van der Waals surface area contributed by atoms with Crippen LogP contribution in [0, 0.1) is 0 Å². The van der Waals surface area contributed by atoms with Crippen molar-refractivity contribution in [1.82, 2.24) is 9.97 Å². The maximum Gasteiger partial charge on any atom is 0.433 e. The van der Waals surface area contributed by atoms with Crippen molar-refractivity contribution in [1.29, 1.82) is 0 Å². The zero-order valence-electron chi connectivity index (χ0n) is 12.2. The minimum atomic E-state index is -4.52. The molecule has 2 heterocycles. The van der Waals surface area contributed by atoms with Crippen LogP contribution in [-0.2, 0) is 17.4 Å². The molecule has 2 aromatic rings. The van der Waals surface area contributed by atoms with Crippen molar-refractivity contribution in [3.63, 3.8) is 0 Å². The van der Waals surface area contributed by atoms with E-state index >= 15 is 0 Å². The number of carbonyl (C=O) groups is 1. The van der Waals surface area contributed by atoms with E-state index in [9.17, 15) is 18.0 Å². The fraction of sp³-hybridized carbons (Fsp3) is 0.267. The lowest BCUT2D eigenvalue weighted by Crippen LogP contribution is -2.31. The number of hydrogen-bond acceptors (Lipinski definition) is 4. The predicted molar refractivity (Wildman–Crippen MR) is 78.5 cm³/mol. The van der Waals surface area contributed by atoms with Gasteiger partial charge < -0.3 is 10.2 Å². The molecule has 0 aliphatic carbocycles. The molecular formula is C15H13F3N4O. The third kappa shape index (κ3) is 3.10. The molecule has 0 unspecified atom stereocenters. The van der Waals surface area contributed by atoms with Crippen LogP contribution in [0.5, 0.6) is 0 Å². The van der Waals surface area contributed by atoms with Crippen molar-refractivity contribution in [2.45, 2.75) is 19.0 Å². The molecule has 0 fully saturated rings. The third-order valence-electron chi connectivity index (χ3n) is 3.63. The molecule has 1 aliphatic heterocycles. The second kappa shape index (κ2) is 5.53. The number of rotatable bonds is 2. The van der Waals surface area contributed by atoms with Gasteiger partial charge in [0, 0.05) is 31.0 Å². The molecule has 0 spiro atoms. The summed E-state index contributed by atoms with van der Waals surface area (Å²) in [5, 5.41) is 2.77. The number of hydrogen-bond donors (Lipinski definition) is 1. The first-order chi connectivity index (χ1) is 10.8. The first-order valence-corrected chi connectivity index (χ1v) is 6.91. The molecule has 23 heavy (non-hydrogen) atoms. The van der Waals surface area contributed by atoms with Crippen molar-refractivity contribution in [2.24, 2.45) is 0 Å². The van der Waals surface area contributed by atoms with Gasteiger partial charge in [-0.1, -0.05) is 0 Å². The van der Waals surface area contributed by atoms with Crippen molar-refractivity contribution in [3.8, 4) is 0 Å². The predicted octanol–water partition coefficient (Wildman–Crippen LogP) is 3.15. The molecule has 0 saturated heterocycles. The van der Waals surface area contributed by atoms with E-state index in [2.05, 4.69) is 15.3 Å². The van der Waals surface area contributed by atoms with Crippen LogP contribution in [-0.4, -0.2) is 22.9 Å². The van der Waals surface area contributed by atoms with Crippen molar-refractivity contribution < 1.29 is 18.0 Å². The number of amides is 1. The maximum atomic E-state index is 12.7. The lowest BCUT2D eigenvalue weighted by atomic mass is 10.0. The summed E-state index contributed by atoms with van der Waals surface area (Å²) in [5.41, 5.74) is 1.32. The first-order valence-electron chi connectivity index (χ1n) is 6.91. The molecule has 1 aromatic carbocycles. The molecule has 1 aromatic heterocycles. The Morgan fingerprint density at radius 2 is 2.00 bits per heavy atom. The van der Waals surface area contributed by atoms with Gasteiger partial charge in [0.2, 0.25) is 11.9 Å². The molecule has 8 heteroatoms. The Morgan fingerprint density at radius 1 is 1.22 bits per heavy atom. The maximum absolute atomic E-state index is 12.7. The molecule has 0 bridgehead atoms. The fourth-order valence-electron chi connectivity index (χ4n) is 2.44. The largest absolute Gasteiger partial charge is 0.433 e. The number of alkyl halides is 3. The first kappa shape index (κ1) is 15.3. The van der Waals surface area contributed by atoms with Crippen LogP contribution >= 0.6 is 0 Å². The Hall–Kier alpha value is -2.64. The van der Waals surface area contributed by atoms with Gasteiger partial charge in [-0.15, -0.1) is 0 Å². The zero-order chi connectivity index (χ0) is 16.6. The molecule has 120 valence electrons. The van der Waals surface area contributed by atoms with Gasteiger partial charge in [-0.2, -0.15) is 13.2 Å². The quantitative estimate of drug-likeness (QED) is 0.923. The molecule has 0 saturated carbocycles. The summed E-state index contributed by atoms with van der Waals surface area (Å²) in [5.74, 6) is -0.0839. The number of nitrogens with one attached hydrogen (secondary N) is 1. The standard InChI is InChI=1S/C15H13F3N4O/c1-22-11-4-3-10(8-9(11)2-5-13(22)23)20-14-19-7-6-12(21-14)15(16,17)18/h3-4,6-8H,2,5H2,1H3,(H,19,20,21). The van der Waals surface area contributed by atoms with Crippen LogP contribution in [0.1, 0.15) is 17.7 Å². The Kier molecular flexibility index (Phi) is 3.67. The van der Waals surface area contributed by atoms with Gasteiger partial charge in [-0.05, 0) is 36.2 Å². The number of nitrogens with zero attached hydrogens (tertiary/aromatic N) is 3. The lowest BCUT2D eigenvalue weighted by Gasteiger charge is -2.26. The molecule has 1 aliphatic rings. The van der Waals surface area contributed by atoms with E-state index < -0.39 is 11.9 Å². The Bertz CT molecular complexity index is 761. The van der Waals surface area contributed by atoms with Gasteiger partial charge in [0.1, 0.15) is 5.69 Å². The van der Waals surface area contributed by atoms with Gasteiger partial charge in [-0.25, -0.2) is 9.97 Å². The van der Waals surface area contributed by atoms with Gasteiger partial charge >= 0.3 is 6.18 Å². The fourth-order valence-corrected chi connectivity index (χ4v) is 2.44. The highest BCUT2D eigenvalue weighted by atomic mass is 19.4. The van der Waals surface area contributed by atoms with Crippen LogP contribution < -0.4 is 10.2 Å². The number of benzene rings is 1. The van der Waals surface area contributed by atoms with Crippen LogP contribution in [0.4, 0.5) is 30.5 Å². The Labute approximate surface area is 130 Å². The van der Waals surface area contributed by atoms with Gasteiger partial charge in [0.25, 0.3) is 0 Å². The van der Waals surface area contributed by atoms with Crippen molar-refractivity contribution >= 4 is 23.2 Å². The highest BCUT2D eigenvalue weighted by molar-refractivity contribution is 5.96. The van der Waals surface area contributed by atoms with E-state index in [1.807, 2.05) is 0 Å². The van der Waals surface area contributed by atoms with Gasteiger partial charge in [0.15, 0.2) is 0 Å². The summed E-state index contributed by atoms with van der Waals surface area (Å²) in [4.78, 5) is 20.5. The number of fused-ring (bicyclic) bond motifs is 1. The van der Waals surface area contributed by atoms with Crippen LogP contribution in [0.15, 0.2) is 30.5 Å². The topological polar surface area (TPSA) is 58.1 Å². The van der Waals surface area contributed by atoms with E-state index in [1.54, 1.807) is 30.1 Å². The molecule has 1 amide bonds. The monoisotopic (exact) mass is 322 g/mol. The number of anilines is 3. The van der Waals surface area contributed by atoms with Gasteiger partial charge in [-0.3, -0.25) is 4.79 Å². The highest BCUT2D eigenvalue weighted by Crippen LogP contribution is 2.31. The summed E-state index contributed by atoms with van der Waals surface area (Å²) in [6, 6.07) is 6.04. The van der Waals surface area contributed by atoms with Crippen molar-refractivity contribution in [3.05, 3.63) is 41.7 Å². The van der Waals surface area contributed by atoms with Crippen LogP contribution in [0.2, 0.25) is 0 Å². The van der Waals surface area contributed by atoms with E-state index in [-0.39, 0.29) is 11.9 Å². The number of aryl methyl sites for hydroxylation is 1. The second-order valence-corrected chi connectivity index (χ2v) is 5.18. The number of halogens is 3. The molecule has 0 radical (unpaired) electrons. The number of aromatic nitrogens is 2. The highest BCUT2D eigenvalue weighted by Gasteiger charge is 2.32. The smallest absolute Gasteiger partial charge is 0.324 e. The van der Waals surface area contributed by atoms with Crippen LogP contribution in [0.3, 0.4) is 0 Å². The summed E-state index contributed by atoms with van der Waals surface area (Å²) >= 11 is 0. The van der Waals surface area contributed by atoms with E-state index in [1.165, 1.54) is 0 Å². The molecular weight excluding hydrogens is 309 g/mol. The lowest BCUT2D eigenvalue weighted by molar-refractivity contribution is -0.141. The zero-order valence-corrected chi connectivity index (χ0v) is 12.2. The van der Waals surface area contributed by atoms with Crippen LogP contribution in [0.25, 0.3) is 0 Å². The molecule has 0 atom stereocenters. The average Bonchev–Trinajstić information content (AvgIpc) is 2.51.